The van der Waals surface area contributed by atoms with Crippen LogP contribution in [0.15, 0.2) is 35.1 Å². The van der Waals surface area contributed by atoms with Gasteiger partial charge in [0.2, 0.25) is 5.71 Å². The van der Waals surface area contributed by atoms with Crippen LogP contribution in [0.1, 0.15) is 11.0 Å². The van der Waals surface area contributed by atoms with Crippen molar-refractivity contribution >= 4 is 30.1 Å². The van der Waals surface area contributed by atoms with Crippen molar-refractivity contribution in [3.8, 4) is 0 Å². The fourth-order valence-corrected chi connectivity index (χ4v) is 2.86. The average molecular weight is 283 g/mol. The van der Waals surface area contributed by atoms with Crippen LogP contribution in [0.4, 0.5) is 0 Å². The molecule has 2 aromatic rings. The zero-order chi connectivity index (χ0) is 17.1. The van der Waals surface area contributed by atoms with Gasteiger partial charge >= 0.3 is 6.85 Å². The number of hydrogen-bond acceptors (Lipinski definition) is 5. The van der Waals surface area contributed by atoms with Gasteiger partial charge in [-0.3, -0.25) is 5.01 Å². The molecule has 1 atom stereocenters. The monoisotopic (exact) mass is 283 g/mol. The van der Waals surface area contributed by atoms with Crippen LogP contribution in [0.2, 0.25) is 6.82 Å². The molecule has 6 heteroatoms. The third kappa shape index (κ3) is 1.75. The molecule has 0 N–H and O–H groups in total. The van der Waals surface area contributed by atoms with Crippen LogP contribution in [0.5, 0.6) is 0 Å². The lowest BCUT2D eigenvalue weighted by Crippen LogP contribution is -2.52. The average Bonchev–Trinajstić information content (AvgIpc) is 3.06. The number of hydrazine groups is 1. The molecule has 21 heavy (non-hydrogen) atoms. The van der Waals surface area contributed by atoms with E-state index in [1.807, 2.05) is 35.2 Å². The maximum absolute atomic E-state index is 7.62. The first kappa shape index (κ1) is 9.55. The number of hydrogen-bond donors (Lipinski definition) is 0. The van der Waals surface area contributed by atoms with Gasteiger partial charge in [-0.1, -0.05) is 12.8 Å². The van der Waals surface area contributed by atoms with E-state index in [9.17, 15) is 0 Å². The van der Waals surface area contributed by atoms with Crippen molar-refractivity contribution in [3.05, 3.63) is 41.4 Å². The van der Waals surface area contributed by atoms with E-state index in [1.165, 1.54) is 4.90 Å². The normalized spacial score (nSPS) is 23.5. The molecule has 4 heterocycles. The maximum atomic E-state index is 7.62. The number of fused-ring (bicyclic) bond motifs is 3. The van der Waals surface area contributed by atoms with E-state index in [-0.39, 0.29) is 13.0 Å². The molecular formula is C15H17BN4O. The Morgan fingerprint density at radius 3 is 3.14 bits per heavy atom. The molecule has 0 unspecified atom stereocenters. The first-order valence-corrected chi connectivity index (χ1v) is 6.97. The van der Waals surface area contributed by atoms with E-state index in [1.54, 1.807) is 18.6 Å². The molecule has 0 radical (unpaired) electrons. The Labute approximate surface area is 127 Å². The fraction of sp³-hybridized carbons (Fsp3) is 0.267. The quantitative estimate of drug-likeness (QED) is 0.724. The summed E-state index contributed by atoms with van der Waals surface area (Å²) in [4.78, 5) is 7.61. The molecule has 106 valence electrons. The van der Waals surface area contributed by atoms with E-state index >= 15 is 0 Å². The van der Waals surface area contributed by atoms with Crippen molar-refractivity contribution < 1.29 is 8.53 Å². The van der Waals surface area contributed by atoms with Gasteiger partial charge in [0.1, 0.15) is 6.17 Å². The van der Waals surface area contributed by atoms with Crippen molar-refractivity contribution in [1.29, 1.82) is 0 Å². The van der Waals surface area contributed by atoms with E-state index in [0.29, 0.717) is 5.71 Å². The predicted octanol–water partition coefficient (Wildman–Crippen LogP) is 0.802. The standard InChI is InChI=1S/C15H17BN4O/c1-11-18(3)7-8-19(11)20-10-14-13(9-16(20)2)12-5-4-6-17-15(12)21-14/h4-11H,1-3H3/t11-/m0/s1/i3D3. The van der Waals surface area contributed by atoms with Crippen LogP contribution < -0.4 is 10.6 Å². The first-order valence-electron chi connectivity index (χ1n) is 8.47. The van der Waals surface area contributed by atoms with Crippen molar-refractivity contribution in [3.63, 3.8) is 0 Å². The second kappa shape index (κ2) is 4.31. The summed E-state index contributed by atoms with van der Waals surface area (Å²) in [6, 6.07) is 3.88. The van der Waals surface area contributed by atoms with Crippen molar-refractivity contribution in [2.45, 2.75) is 19.9 Å². The minimum Gasteiger partial charge on any atom is -0.436 e. The molecule has 2 aliphatic rings. The molecule has 0 spiro atoms. The molecule has 0 fully saturated rings. The molecule has 0 bridgehead atoms. The van der Waals surface area contributed by atoms with Gasteiger partial charge in [-0.25, -0.2) is 4.98 Å². The molecule has 2 aromatic heterocycles. The highest BCUT2D eigenvalue weighted by Crippen LogP contribution is 2.19. The summed E-state index contributed by atoms with van der Waals surface area (Å²) >= 11 is 0. The summed E-state index contributed by atoms with van der Waals surface area (Å²) in [5, 5.41) is 3.92. The van der Waals surface area contributed by atoms with Gasteiger partial charge in [-0.05, 0) is 19.1 Å². The molecule has 0 saturated heterocycles. The highest BCUT2D eigenvalue weighted by Gasteiger charge is 2.29. The number of aromatic nitrogens is 1. The fourth-order valence-electron chi connectivity index (χ4n) is 2.86. The highest BCUT2D eigenvalue weighted by atomic mass is 16.3. The summed E-state index contributed by atoms with van der Waals surface area (Å²) in [6.07, 6.45) is 6.69. The largest absolute Gasteiger partial charge is 0.436 e. The topological polar surface area (TPSA) is 35.8 Å². The number of furan rings is 1. The minimum absolute atomic E-state index is 0.0576. The number of rotatable bonds is 1. The van der Waals surface area contributed by atoms with Crippen molar-refractivity contribution in [2.24, 2.45) is 0 Å². The van der Waals surface area contributed by atoms with E-state index in [0.717, 1.165) is 16.0 Å². The Bertz CT molecular complexity index is 938. The molecule has 0 saturated carbocycles. The lowest BCUT2D eigenvalue weighted by atomic mass is 9.63. The molecular weight excluding hydrogens is 263 g/mol. The third-order valence-electron chi connectivity index (χ3n) is 4.04. The Kier molecular flexibility index (Phi) is 1.96. The van der Waals surface area contributed by atoms with Gasteiger partial charge in [-0.15, -0.1) is 0 Å². The van der Waals surface area contributed by atoms with Gasteiger partial charge in [0, 0.05) is 40.3 Å². The molecule has 2 aliphatic heterocycles. The summed E-state index contributed by atoms with van der Waals surface area (Å²) in [7, 11) is 0. The Hall–Kier alpha value is -2.37. The van der Waals surface area contributed by atoms with Gasteiger partial charge in [0.25, 0.3) is 0 Å². The lowest BCUT2D eigenvalue weighted by Gasteiger charge is -2.39. The van der Waals surface area contributed by atoms with Crippen molar-refractivity contribution in [1.82, 2.24) is 19.8 Å². The van der Waals surface area contributed by atoms with Gasteiger partial charge in [0.05, 0.1) is 6.20 Å². The Morgan fingerprint density at radius 2 is 2.33 bits per heavy atom. The van der Waals surface area contributed by atoms with Crippen LogP contribution in [-0.4, -0.2) is 39.8 Å². The van der Waals surface area contributed by atoms with Crippen LogP contribution in [0.3, 0.4) is 0 Å². The summed E-state index contributed by atoms with van der Waals surface area (Å²) in [5.41, 5.74) is 1.34. The predicted molar refractivity (Wildman–Crippen MR) is 83.9 cm³/mol. The van der Waals surface area contributed by atoms with Crippen LogP contribution in [0.25, 0.3) is 23.3 Å². The third-order valence-corrected chi connectivity index (χ3v) is 4.04. The smallest absolute Gasteiger partial charge is 0.304 e. The summed E-state index contributed by atoms with van der Waals surface area (Å²) in [6.45, 7) is 1.82. The second-order valence-corrected chi connectivity index (χ2v) is 5.37. The molecule has 5 nitrogen and oxygen atoms in total. The SMILES string of the molecule is [2H]C([2H])([2H])N1C=CN(N2C=c3oc4ncccc4c3=CB2C)[C@H]1C. The number of nitrogens with zero attached hydrogens (tertiary/aromatic N) is 4. The van der Waals surface area contributed by atoms with Crippen LogP contribution in [-0.2, 0) is 0 Å². The zero-order valence-electron chi connectivity index (χ0n) is 14.9. The lowest BCUT2D eigenvalue weighted by molar-refractivity contribution is 0.0849. The van der Waals surface area contributed by atoms with Crippen LogP contribution in [0, 0.1) is 0 Å². The molecule has 0 amide bonds. The highest BCUT2D eigenvalue weighted by molar-refractivity contribution is 6.70. The van der Waals surface area contributed by atoms with E-state index in [4.69, 9.17) is 8.53 Å². The maximum Gasteiger partial charge on any atom is 0.304 e. The Balaban J connectivity index is 1.75. The first-order chi connectivity index (χ1) is 11.4. The van der Waals surface area contributed by atoms with Gasteiger partial charge < -0.3 is 14.2 Å². The van der Waals surface area contributed by atoms with E-state index < -0.39 is 6.98 Å². The van der Waals surface area contributed by atoms with Gasteiger partial charge in [0.15, 0.2) is 5.42 Å². The summed E-state index contributed by atoms with van der Waals surface area (Å²) < 4.78 is 28.7. The second-order valence-electron chi connectivity index (χ2n) is 5.37. The number of pyridine rings is 1. The van der Waals surface area contributed by atoms with E-state index in [2.05, 4.69) is 17.8 Å². The minimum atomic E-state index is -2.16. The molecule has 4 rings (SSSR count). The molecule has 0 aromatic carbocycles. The zero-order valence-corrected chi connectivity index (χ0v) is 11.9. The van der Waals surface area contributed by atoms with Crippen molar-refractivity contribution in [2.75, 3.05) is 6.98 Å². The van der Waals surface area contributed by atoms with Crippen LogP contribution >= 0.6 is 0 Å². The van der Waals surface area contributed by atoms with Gasteiger partial charge in [-0.2, -0.15) is 0 Å². The Morgan fingerprint density at radius 1 is 1.43 bits per heavy atom. The summed E-state index contributed by atoms with van der Waals surface area (Å²) in [5.74, 6) is 2.11. The molecule has 0 aliphatic carbocycles.